The number of hydrogen-bond donors (Lipinski definition) is 0. The molecular formula is C11H11NO. The van der Waals surface area contributed by atoms with Gasteiger partial charge < -0.3 is 4.84 Å². The first-order valence-electron chi connectivity index (χ1n) is 4.74. The maximum atomic E-state index is 5.31. The van der Waals surface area contributed by atoms with E-state index >= 15 is 0 Å². The third kappa shape index (κ3) is 0.981. The van der Waals surface area contributed by atoms with Gasteiger partial charge >= 0.3 is 0 Å². The molecule has 1 aromatic carbocycles. The molecule has 0 spiro atoms. The first kappa shape index (κ1) is 7.13. The summed E-state index contributed by atoms with van der Waals surface area (Å²) in [7, 11) is 0. The maximum Gasteiger partial charge on any atom is 0.136 e. The number of benzene rings is 1. The van der Waals surface area contributed by atoms with E-state index in [-0.39, 0.29) is 0 Å². The summed E-state index contributed by atoms with van der Waals surface area (Å²) in [5.41, 5.74) is 2.37. The van der Waals surface area contributed by atoms with Crippen molar-refractivity contribution in [2.45, 2.75) is 18.9 Å². The second-order valence-electron chi connectivity index (χ2n) is 3.67. The predicted molar refractivity (Wildman–Crippen MR) is 50.6 cm³/mol. The Hall–Kier alpha value is -1.31. The molecule has 2 nitrogen and oxygen atoms in total. The lowest BCUT2D eigenvalue weighted by atomic mass is 9.77. The molecule has 66 valence electrons. The van der Waals surface area contributed by atoms with Crippen LogP contribution in [-0.2, 0) is 4.84 Å². The average Bonchev–Trinajstić information content (AvgIpc) is 2.43. The Kier molecular flexibility index (Phi) is 1.42. The van der Waals surface area contributed by atoms with Crippen molar-refractivity contribution in [1.82, 2.24) is 0 Å². The van der Waals surface area contributed by atoms with Gasteiger partial charge in [-0.3, -0.25) is 0 Å². The summed E-state index contributed by atoms with van der Waals surface area (Å²) < 4.78 is 0. The van der Waals surface area contributed by atoms with E-state index in [9.17, 15) is 0 Å². The molecule has 2 heteroatoms. The van der Waals surface area contributed by atoms with Gasteiger partial charge in [-0.1, -0.05) is 35.5 Å². The van der Waals surface area contributed by atoms with Gasteiger partial charge in [-0.25, -0.2) is 0 Å². The Morgan fingerprint density at radius 1 is 1.15 bits per heavy atom. The predicted octanol–water partition coefficient (Wildman–Crippen LogP) is 2.20. The summed E-state index contributed by atoms with van der Waals surface area (Å²) in [4.78, 5) is 5.31. The van der Waals surface area contributed by atoms with Crippen LogP contribution in [0.25, 0.3) is 0 Å². The Bertz CT molecular complexity index is 344. The molecule has 0 aromatic heterocycles. The molecule has 0 bridgehead atoms. The molecule has 0 N–H and O–H groups in total. The van der Waals surface area contributed by atoms with Gasteiger partial charge in [0.25, 0.3) is 0 Å². The highest BCUT2D eigenvalue weighted by Crippen LogP contribution is 2.38. The molecule has 2 aliphatic rings. The van der Waals surface area contributed by atoms with Gasteiger partial charge in [-0.05, 0) is 18.4 Å². The SMILES string of the molecule is c1ccc(C2=NOC3CCC23)cc1. The van der Waals surface area contributed by atoms with Gasteiger partial charge in [0.05, 0.1) is 5.71 Å². The molecule has 0 radical (unpaired) electrons. The van der Waals surface area contributed by atoms with Gasteiger partial charge in [0, 0.05) is 5.92 Å². The van der Waals surface area contributed by atoms with E-state index in [1.807, 2.05) is 18.2 Å². The largest absolute Gasteiger partial charge is 0.392 e. The molecule has 0 saturated heterocycles. The first-order chi connectivity index (χ1) is 6.45. The zero-order valence-corrected chi connectivity index (χ0v) is 7.31. The highest BCUT2D eigenvalue weighted by Gasteiger charge is 2.41. The summed E-state index contributed by atoms with van der Waals surface area (Å²) in [5, 5.41) is 4.15. The molecule has 3 rings (SSSR count). The van der Waals surface area contributed by atoms with Crippen molar-refractivity contribution in [1.29, 1.82) is 0 Å². The molecule has 13 heavy (non-hydrogen) atoms. The van der Waals surface area contributed by atoms with Crippen LogP contribution in [0, 0.1) is 5.92 Å². The van der Waals surface area contributed by atoms with E-state index in [0.717, 1.165) is 5.71 Å². The molecule has 1 aliphatic heterocycles. The standard InChI is InChI=1S/C11H11NO/c1-2-4-8(5-3-1)11-9-6-7-10(9)13-12-11/h1-5,9-10H,6-7H2. The zero-order valence-electron chi connectivity index (χ0n) is 7.31. The van der Waals surface area contributed by atoms with Crippen LogP contribution in [0.3, 0.4) is 0 Å². The summed E-state index contributed by atoms with van der Waals surface area (Å²) in [5.74, 6) is 0.572. The molecule has 0 amide bonds. The molecule has 2 unspecified atom stereocenters. The van der Waals surface area contributed by atoms with Crippen LogP contribution in [-0.4, -0.2) is 11.8 Å². The molecule has 2 atom stereocenters. The van der Waals surface area contributed by atoms with E-state index in [1.165, 1.54) is 18.4 Å². The fourth-order valence-electron chi connectivity index (χ4n) is 1.98. The Morgan fingerprint density at radius 3 is 2.62 bits per heavy atom. The third-order valence-corrected chi connectivity index (χ3v) is 2.92. The zero-order chi connectivity index (χ0) is 8.67. The van der Waals surface area contributed by atoms with Crippen LogP contribution < -0.4 is 0 Å². The third-order valence-electron chi connectivity index (χ3n) is 2.92. The fourth-order valence-corrected chi connectivity index (χ4v) is 1.98. The molecule has 1 fully saturated rings. The van der Waals surface area contributed by atoms with Gasteiger partial charge in [-0.2, -0.15) is 0 Å². The van der Waals surface area contributed by atoms with Crippen molar-refractivity contribution in [3.05, 3.63) is 35.9 Å². The van der Waals surface area contributed by atoms with Crippen LogP contribution in [0.2, 0.25) is 0 Å². The van der Waals surface area contributed by atoms with E-state index in [4.69, 9.17) is 4.84 Å². The lowest BCUT2D eigenvalue weighted by molar-refractivity contribution is 0.00945. The van der Waals surface area contributed by atoms with Gasteiger partial charge in [0.2, 0.25) is 0 Å². The number of hydrogen-bond acceptors (Lipinski definition) is 2. The summed E-state index contributed by atoms with van der Waals surface area (Å²) in [6.07, 6.45) is 2.79. The highest BCUT2D eigenvalue weighted by atomic mass is 16.6. The summed E-state index contributed by atoms with van der Waals surface area (Å²) >= 11 is 0. The summed E-state index contributed by atoms with van der Waals surface area (Å²) in [6.45, 7) is 0. The van der Waals surface area contributed by atoms with E-state index in [1.54, 1.807) is 0 Å². The quantitative estimate of drug-likeness (QED) is 0.638. The number of nitrogens with zero attached hydrogens (tertiary/aromatic N) is 1. The molecule has 1 saturated carbocycles. The van der Waals surface area contributed by atoms with E-state index < -0.39 is 0 Å². The van der Waals surface area contributed by atoms with Gasteiger partial charge in [-0.15, -0.1) is 0 Å². The van der Waals surface area contributed by atoms with Crippen LogP contribution in [0.5, 0.6) is 0 Å². The van der Waals surface area contributed by atoms with E-state index in [2.05, 4.69) is 17.3 Å². The van der Waals surface area contributed by atoms with E-state index in [0.29, 0.717) is 12.0 Å². The number of oxime groups is 1. The maximum absolute atomic E-state index is 5.31. The first-order valence-corrected chi connectivity index (χ1v) is 4.74. The van der Waals surface area contributed by atoms with Crippen molar-refractivity contribution in [2.75, 3.05) is 0 Å². The van der Waals surface area contributed by atoms with Gasteiger partial charge in [0.1, 0.15) is 6.10 Å². The Balaban J connectivity index is 1.94. The van der Waals surface area contributed by atoms with Gasteiger partial charge in [0.15, 0.2) is 0 Å². The van der Waals surface area contributed by atoms with Crippen LogP contribution in [0.15, 0.2) is 35.5 Å². The van der Waals surface area contributed by atoms with Crippen molar-refractivity contribution in [3.63, 3.8) is 0 Å². The second kappa shape index (κ2) is 2.59. The lowest BCUT2D eigenvalue weighted by Gasteiger charge is -2.27. The fraction of sp³-hybridized carbons (Fsp3) is 0.364. The van der Waals surface area contributed by atoms with Crippen molar-refractivity contribution >= 4 is 5.71 Å². The highest BCUT2D eigenvalue weighted by molar-refractivity contribution is 6.03. The van der Waals surface area contributed by atoms with Crippen LogP contribution in [0.1, 0.15) is 18.4 Å². The van der Waals surface area contributed by atoms with Crippen molar-refractivity contribution in [2.24, 2.45) is 11.1 Å². The van der Waals surface area contributed by atoms with Crippen LogP contribution in [0.4, 0.5) is 0 Å². The normalized spacial score (nSPS) is 30.0. The molecule has 1 heterocycles. The Labute approximate surface area is 77.2 Å². The minimum atomic E-state index is 0.384. The smallest absolute Gasteiger partial charge is 0.136 e. The van der Waals surface area contributed by atoms with Crippen LogP contribution >= 0.6 is 0 Å². The molecule has 1 aromatic rings. The average molecular weight is 173 g/mol. The van der Waals surface area contributed by atoms with Crippen molar-refractivity contribution < 1.29 is 4.84 Å². The number of rotatable bonds is 1. The minimum absolute atomic E-state index is 0.384. The minimum Gasteiger partial charge on any atom is -0.392 e. The Morgan fingerprint density at radius 2 is 2.00 bits per heavy atom. The lowest BCUT2D eigenvalue weighted by Crippen LogP contribution is -2.33. The molecular weight excluding hydrogens is 162 g/mol. The number of fused-ring (bicyclic) bond motifs is 1. The topological polar surface area (TPSA) is 21.6 Å². The van der Waals surface area contributed by atoms with Crippen molar-refractivity contribution in [3.8, 4) is 0 Å². The molecule has 1 aliphatic carbocycles. The monoisotopic (exact) mass is 173 g/mol. The summed E-state index contributed by atoms with van der Waals surface area (Å²) in [6, 6.07) is 10.3. The second-order valence-corrected chi connectivity index (χ2v) is 3.67.